The first-order chi connectivity index (χ1) is 50.5. The number of halogens is 1. The predicted octanol–water partition coefficient (Wildman–Crippen LogP) is -4.27. The number of piperidine rings is 1. The fourth-order valence-corrected chi connectivity index (χ4v) is 12.0. The molecule has 1 aromatic rings. The number of hydrogen-bond donors (Lipinski definition) is 18. The Morgan fingerprint density at radius 1 is 0.833 bits per heavy atom. The quantitative estimate of drug-likeness (QED) is 0.0205. The van der Waals surface area contributed by atoms with Gasteiger partial charge in [0.15, 0.2) is 5.60 Å². The Kier molecular flexibility index (Phi) is 36.4. The van der Waals surface area contributed by atoms with E-state index in [9.17, 15) is 74.1 Å². The number of rotatable bonds is 29. The zero-order valence-corrected chi connectivity index (χ0v) is 64.3. The van der Waals surface area contributed by atoms with Crippen LogP contribution in [-0.2, 0) is 76.5 Å². The third kappa shape index (κ3) is 25.9. The summed E-state index contributed by atoms with van der Waals surface area (Å²) >= 11 is 6.81. The van der Waals surface area contributed by atoms with Crippen molar-refractivity contribution in [3.63, 3.8) is 0 Å². The third-order valence-corrected chi connectivity index (χ3v) is 19.4. The Morgan fingerprint density at radius 3 is 2.05 bits per heavy atom. The van der Waals surface area contributed by atoms with Crippen molar-refractivity contribution in [1.29, 1.82) is 0 Å². The molecule has 3 aliphatic heterocycles. The topological polar surface area (TPSA) is 542 Å². The van der Waals surface area contributed by atoms with Crippen LogP contribution in [0, 0.1) is 23.7 Å². The first kappa shape index (κ1) is 92.1. The molecule has 0 bridgehead atoms. The lowest BCUT2D eigenvalue weighted by atomic mass is 9.87. The Hall–Kier alpha value is -8.27. The van der Waals surface area contributed by atoms with E-state index in [-0.39, 0.29) is 42.3 Å². The third-order valence-electron chi connectivity index (χ3n) is 19.0. The average Bonchev–Trinajstić information content (AvgIpc) is 0.795. The van der Waals surface area contributed by atoms with E-state index in [2.05, 4.69) is 53.2 Å². The standard InChI is InChI=1S/C71H111ClN12O24/c1-16-33(5)26-34(6)18-23-47(87)71(13,103)70(102)76-30-49(89)80-51(38(10)85)64(97)78-43(17-2)28-74-50(35(7)36(8)60(73)93)63(96)82-53-58(32(3)4)108-68(101)46-27-42(72)24-25-84(46)67(100)54(59(105-15)41-19-21-44(22-20-41)107-69-57(92)56(91)55(90)40(12)106-69)83-65(98)52(39(11)86)81-61(94)37(9)77-48(88)29-75-62(95)45(31-104-14)79-66(53)99/h17-23,26,32-33,35-40,42,45-47,50-59,69,74,85-87,90-92,103H,16,24-25,27-31H2,1-15H3,(H2,73,93)(H,75,95)(H,76,102)(H,77,88)(H,78,97)(H,79,99)(H,80,89)(H,81,94)(H,82,96)(H,83,98)/b23-18-,34-26+,43-17-/t33?,35-,36+,37-,38+,39+,40-,42?,45?,46-,47?,50-,51-,52?,53+,54+,55-,56+,57+,58?,59?,69-,71?/m0/s1. The molecule has 3 heterocycles. The maximum absolute atomic E-state index is 15.6. The second-order valence-corrected chi connectivity index (χ2v) is 28.6. The minimum atomic E-state index is -2.43. The van der Waals surface area contributed by atoms with Gasteiger partial charge in [0.1, 0.15) is 84.7 Å². The van der Waals surface area contributed by atoms with Crippen LogP contribution in [0.3, 0.4) is 0 Å². The number of benzene rings is 1. The van der Waals surface area contributed by atoms with Crippen molar-refractivity contribution in [2.24, 2.45) is 29.4 Å². The number of primary amides is 1. The monoisotopic (exact) mass is 1550 g/mol. The van der Waals surface area contributed by atoms with Gasteiger partial charge in [-0.1, -0.05) is 90.0 Å². The molecule has 3 saturated heterocycles. The number of aliphatic hydroxyl groups is 7. The average molecular weight is 1550 g/mol. The number of methoxy groups -OCH3 is 2. The highest BCUT2D eigenvalue weighted by Crippen LogP contribution is 2.32. The number of esters is 1. The minimum Gasteiger partial charge on any atom is -0.462 e. The fourth-order valence-electron chi connectivity index (χ4n) is 11.7. The number of nitrogens with zero attached hydrogens (tertiary/aromatic N) is 1. The van der Waals surface area contributed by atoms with Crippen molar-refractivity contribution in [2.45, 2.75) is 230 Å². The molecule has 108 heavy (non-hydrogen) atoms. The van der Waals surface area contributed by atoms with Gasteiger partial charge in [0.25, 0.3) is 5.91 Å². The predicted molar refractivity (Wildman–Crippen MR) is 387 cm³/mol. The van der Waals surface area contributed by atoms with Crippen molar-refractivity contribution in [1.82, 2.24) is 58.1 Å². The number of nitrogens with two attached hydrogens (primary N) is 1. The van der Waals surface area contributed by atoms with Gasteiger partial charge in [-0.25, -0.2) is 4.79 Å². The fraction of sp³-hybridized carbons (Fsp3) is 0.662. The SMILES string of the molecule is C/C=C(/CN[C@H](C(=O)N[C@H]1C(=O)NC(COC)C(=O)NCC(=O)N[C@@H](C)C(=O)NC([C@@H](C)O)C(=O)N[C@H](C(OC)c2ccc(O[C@@H]3O[C@@H](C)[C@H](O)[C@@H](O)[C@H]3O)cc2)C(=O)N2CCC(Cl)C[C@H]2C(=O)OC1C(C)C)[C@@H](C)[C@@H](C)C(N)=O)NC(=O)[C@@H](NC(=O)CNC(=O)C(C)(O)C(O)/C=C\C(C)=C\C(C)CC)[C@@H](C)O. The van der Waals surface area contributed by atoms with Crippen molar-refractivity contribution >= 4 is 82.5 Å². The highest BCUT2D eigenvalue weighted by atomic mass is 35.5. The van der Waals surface area contributed by atoms with Crippen LogP contribution in [0.1, 0.15) is 121 Å². The number of carbonyl (C=O) groups excluding carboxylic acids is 12. The number of allylic oxidation sites excluding steroid dienone is 4. The number of ether oxygens (including phenoxy) is 5. The van der Waals surface area contributed by atoms with Gasteiger partial charge in [0, 0.05) is 44.3 Å². The van der Waals surface area contributed by atoms with Gasteiger partial charge in [0.05, 0.1) is 44.1 Å². The molecule has 1 aromatic carbocycles. The molecule has 0 saturated carbocycles. The molecule has 0 spiro atoms. The van der Waals surface area contributed by atoms with E-state index in [1.807, 2.05) is 19.9 Å². The van der Waals surface area contributed by atoms with Gasteiger partial charge in [0.2, 0.25) is 65.4 Å². The molecule has 8 unspecified atom stereocenters. The second-order valence-electron chi connectivity index (χ2n) is 28.0. The molecular formula is C71H111ClN12O24. The van der Waals surface area contributed by atoms with Crippen LogP contribution in [0.5, 0.6) is 5.75 Å². The molecule has 3 aliphatic rings. The molecule has 4 rings (SSSR count). The molecule has 606 valence electrons. The summed E-state index contributed by atoms with van der Waals surface area (Å²) in [5.41, 5.74) is 4.26. The number of carbonyl (C=O) groups is 12. The summed E-state index contributed by atoms with van der Waals surface area (Å²) in [5, 5.41) is 98.8. The van der Waals surface area contributed by atoms with E-state index in [0.717, 1.165) is 30.7 Å². The van der Waals surface area contributed by atoms with Gasteiger partial charge in [-0.15, -0.1) is 11.6 Å². The van der Waals surface area contributed by atoms with E-state index in [4.69, 9.17) is 41.0 Å². The van der Waals surface area contributed by atoms with E-state index >= 15 is 19.2 Å². The van der Waals surface area contributed by atoms with Crippen molar-refractivity contribution in [3.8, 4) is 5.75 Å². The molecule has 0 aliphatic carbocycles. The van der Waals surface area contributed by atoms with E-state index in [1.54, 1.807) is 6.92 Å². The molecule has 3 fully saturated rings. The summed E-state index contributed by atoms with van der Waals surface area (Å²) in [6.07, 6.45) is -9.00. The van der Waals surface area contributed by atoms with Crippen LogP contribution < -0.4 is 63.6 Å². The van der Waals surface area contributed by atoms with E-state index in [0.29, 0.717) is 0 Å². The van der Waals surface area contributed by atoms with E-state index < -0.39 is 235 Å². The normalized spacial score (nSPS) is 28.1. The number of nitrogens with one attached hydrogen (secondary N) is 10. The first-order valence-corrected chi connectivity index (χ1v) is 36.1. The highest BCUT2D eigenvalue weighted by Gasteiger charge is 2.48. The first-order valence-electron chi connectivity index (χ1n) is 35.7. The molecule has 37 heteroatoms. The molecule has 36 nitrogen and oxygen atoms in total. The summed E-state index contributed by atoms with van der Waals surface area (Å²) in [6.45, 7) is 16.0. The molecule has 23 atom stereocenters. The van der Waals surface area contributed by atoms with Crippen LogP contribution in [0.25, 0.3) is 0 Å². The molecular weight excluding hydrogens is 1440 g/mol. The van der Waals surface area contributed by atoms with Gasteiger partial charge in [-0.05, 0) is 96.8 Å². The van der Waals surface area contributed by atoms with Gasteiger partial charge in [-0.3, -0.25) is 52.7 Å². The summed E-state index contributed by atoms with van der Waals surface area (Å²) in [7, 11) is 2.34. The Balaban J connectivity index is 1.79. The molecule has 0 radical (unpaired) electrons. The van der Waals surface area contributed by atoms with Crippen LogP contribution in [0.15, 0.2) is 59.8 Å². The Morgan fingerprint density at radius 2 is 1.47 bits per heavy atom. The number of aliphatic hydroxyl groups excluding tert-OH is 6. The number of hydrogen-bond acceptors (Lipinski definition) is 25. The number of fused-ring (bicyclic) bond motifs is 1. The summed E-state index contributed by atoms with van der Waals surface area (Å²) in [6, 6.07) is -8.52. The number of alkyl halides is 1. The smallest absolute Gasteiger partial charge is 0.329 e. The molecule has 19 N–H and O–H groups in total. The zero-order chi connectivity index (χ0) is 81.5. The van der Waals surface area contributed by atoms with Crippen molar-refractivity contribution in [3.05, 3.63) is 65.4 Å². The molecule has 11 amide bonds. The largest absolute Gasteiger partial charge is 0.462 e. The number of cyclic esters (lactones) is 1. The van der Waals surface area contributed by atoms with Crippen LogP contribution in [0.4, 0.5) is 0 Å². The lowest BCUT2D eigenvalue weighted by Crippen LogP contribution is -2.64. The van der Waals surface area contributed by atoms with Gasteiger partial charge >= 0.3 is 5.97 Å². The van der Waals surface area contributed by atoms with Crippen LogP contribution >= 0.6 is 11.6 Å². The van der Waals surface area contributed by atoms with Crippen LogP contribution in [-0.4, -0.2) is 273 Å². The second kappa shape index (κ2) is 42.6. The lowest BCUT2D eigenvalue weighted by molar-refractivity contribution is -0.268. The zero-order valence-electron chi connectivity index (χ0n) is 63.5. The van der Waals surface area contributed by atoms with Crippen molar-refractivity contribution in [2.75, 3.05) is 47.0 Å². The Labute approximate surface area is 632 Å². The summed E-state index contributed by atoms with van der Waals surface area (Å²) in [4.78, 5) is 172. The lowest BCUT2D eigenvalue weighted by Gasteiger charge is -2.41. The number of amides is 11. The maximum atomic E-state index is 15.6. The van der Waals surface area contributed by atoms with Gasteiger partial charge < -0.3 is 123 Å². The maximum Gasteiger partial charge on any atom is 0.329 e. The molecule has 0 aromatic heterocycles. The van der Waals surface area contributed by atoms with Crippen molar-refractivity contribution < 1.29 is 117 Å². The van der Waals surface area contributed by atoms with E-state index in [1.165, 1.54) is 112 Å². The highest BCUT2D eigenvalue weighted by molar-refractivity contribution is 6.21. The summed E-state index contributed by atoms with van der Waals surface area (Å²) in [5.74, 6) is -16.0. The van der Waals surface area contributed by atoms with Crippen LogP contribution in [0.2, 0.25) is 0 Å². The van der Waals surface area contributed by atoms with Gasteiger partial charge in [-0.2, -0.15) is 0 Å². The Bertz CT molecular complexity index is 3380. The summed E-state index contributed by atoms with van der Waals surface area (Å²) < 4.78 is 28.9. The minimum absolute atomic E-state index is 0.0164.